The zero-order valence-electron chi connectivity index (χ0n) is 12.4. The maximum atomic E-state index is 5.89. The second-order valence-electron chi connectivity index (χ2n) is 5.10. The molecule has 0 fully saturated rings. The molecule has 110 valence electrons. The van der Waals surface area contributed by atoms with Crippen molar-refractivity contribution in [2.75, 3.05) is 26.1 Å². The highest BCUT2D eigenvalue weighted by atomic mass is 35.5. The maximum absolute atomic E-state index is 5.89. The van der Waals surface area contributed by atoms with Gasteiger partial charge in [-0.05, 0) is 43.9 Å². The summed E-state index contributed by atoms with van der Waals surface area (Å²) in [6.07, 6.45) is 0.887. The molecule has 0 aliphatic carbocycles. The molecule has 1 N–H and O–H groups in total. The van der Waals surface area contributed by atoms with Crippen LogP contribution in [0.25, 0.3) is 0 Å². The Bertz CT molecular complexity index is 577. The molecule has 21 heavy (non-hydrogen) atoms. The van der Waals surface area contributed by atoms with E-state index < -0.39 is 0 Å². The van der Waals surface area contributed by atoms with Gasteiger partial charge < -0.3 is 4.90 Å². The van der Waals surface area contributed by atoms with E-state index >= 15 is 0 Å². The van der Waals surface area contributed by atoms with Gasteiger partial charge in [-0.2, -0.15) is 5.10 Å². The smallest absolute Gasteiger partial charge is 0.0692 e. The number of nitrogens with one attached hydrogen (secondary N) is 1. The van der Waals surface area contributed by atoms with Crippen molar-refractivity contribution in [1.82, 2.24) is 4.90 Å². The van der Waals surface area contributed by atoms with Gasteiger partial charge in [-0.1, -0.05) is 41.9 Å². The van der Waals surface area contributed by atoms with Gasteiger partial charge in [0.25, 0.3) is 0 Å². The molecule has 0 radical (unpaired) electrons. The minimum atomic E-state index is 0.723. The van der Waals surface area contributed by atoms with Crippen molar-refractivity contribution in [3.8, 4) is 0 Å². The average molecular weight is 302 g/mol. The first-order valence-electron chi connectivity index (χ1n) is 6.93. The molecule has 0 heterocycles. The van der Waals surface area contributed by atoms with Crippen LogP contribution in [-0.4, -0.2) is 31.3 Å². The van der Waals surface area contributed by atoms with E-state index in [0.29, 0.717) is 0 Å². The van der Waals surface area contributed by atoms with Crippen molar-refractivity contribution in [2.24, 2.45) is 5.10 Å². The molecular formula is C17H20ClN3. The van der Waals surface area contributed by atoms with Crippen LogP contribution in [0.1, 0.15) is 12.0 Å². The molecule has 0 atom stereocenters. The second-order valence-corrected chi connectivity index (χ2v) is 5.53. The molecule has 2 aromatic rings. The minimum absolute atomic E-state index is 0.723. The Morgan fingerprint density at radius 2 is 1.71 bits per heavy atom. The zero-order valence-corrected chi connectivity index (χ0v) is 13.1. The predicted molar refractivity (Wildman–Crippen MR) is 91.2 cm³/mol. The highest BCUT2D eigenvalue weighted by molar-refractivity contribution is 6.30. The fourth-order valence-electron chi connectivity index (χ4n) is 1.88. The van der Waals surface area contributed by atoms with Crippen LogP contribution >= 0.6 is 11.6 Å². The number of hydrogen-bond acceptors (Lipinski definition) is 3. The lowest BCUT2D eigenvalue weighted by Gasteiger charge is -2.12. The van der Waals surface area contributed by atoms with Gasteiger partial charge in [-0.3, -0.25) is 5.43 Å². The number of nitrogens with zero attached hydrogens (tertiary/aromatic N) is 2. The molecule has 0 saturated carbocycles. The lowest BCUT2D eigenvalue weighted by atomic mass is 10.1. The van der Waals surface area contributed by atoms with Gasteiger partial charge in [0.05, 0.1) is 11.4 Å². The van der Waals surface area contributed by atoms with Crippen molar-refractivity contribution >= 4 is 23.0 Å². The summed E-state index contributed by atoms with van der Waals surface area (Å²) in [5.41, 5.74) is 6.21. The van der Waals surface area contributed by atoms with E-state index in [9.17, 15) is 0 Å². The lowest BCUT2D eigenvalue weighted by Crippen LogP contribution is -2.18. The van der Waals surface area contributed by atoms with Crippen LogP contribution in [0.2, 0.25) is 5.02 Å². The van der Waals surface area contributed by atoms with Crippen molar-refractivity contribution in [3.63, 3.8) is 0 Å². The summed E-state index contributed by atoms with van der Waals surface area (Å²) in [4.78, 5) is 2.15. The first kappa shape index (κ1) is 15.5. The lowest BCUT2D eigenvalue weighted by molar-refractivity contribution is 0.422. The zero-order chi connectivity index (χ0) is 15.1. The largest absolute Gasteiger partial charge is 0.309 e. The summed E-state index contributed by atoms with van der Waals surface area (Å²) >= 11 is 5.89. The highest BCUT2D eigenvalue weighted by Gasteiger charge is 2.04. The summed E-state index contributed by atoms with van der Waals surface area (Å²) in [6.45, 7) is 0.954. The third kappa shape index (κ3) is 5.21. The monoisotopic (exact) mass is 301 g/mol. The van der Waals surface area contributed by atoms with Crippen LogP contribution in [0.5, 0.6) is 0 Å². The Hall–Kier alpha value is -1.84. The number of rotatable bonds is 6. The Labute approximate surface area is 131 Å². The third-order valence-corrected chi connectivity index (χ3v) is 3.32. The Morgan fingerprint density at radius 1 is 1.05 bits per heavy atom. The Kier molecular flexibility index (Phi) is 5.78. The van der Waals surface area contributed by atoms with Crippen LogP contribution in [0, 0.1) is 0 Å². The fraction of sp³-hybridized carbons (Fsp3) is 0.235. The third-order valence-electron chi connectivity index (χ3n) is 3.07. The van der Waals surface area contributed by atoms with Gasteiger partial charge in [0, 0.05) is 18.0 Å². The molecule has 0 bridgehead atoms. The topological polar surface area (TPSA) is 27.6 Å². The van der Waals surface area contributed by atoms with E-state index in [4.69, 9.17) is 11.6 Å². The Morgan fingerprint density at radius 3 is 2.33 bits per heavy atom. The molecule has 0 spiro atoms. The molecule has 2 aromatic carbocycles. The highest BCUT2D eigenvalue weighted by Crippen LogP contribution is 2.14. The van der Waals surface area contributed by atoms with Crippen LogP contribution < -0.4 is 5.43 Å². The van der Waals surface area contributed by atoms with Crippen LogP contribution in [0.15, 0.2) is 59.7 Å². The first-order chi connectivity index (χ1) is 10.1. The molecule has 0 aliphatic heterocycles. The van der Waals surface area contributed by atoms with Crippen molar-refractivity contribution in [1.29, 1.82) is 0 Å². The van der Waals surface area contributed by atoms with Crippen molar-refractivity contribution in [3.05, 3.63) is 65.2 Å². The minimum Gasteiger partial charge on any atom is -0.309 e. The molecule has 2 rings (SSSR count). The summed E-state index contributed by atoms with van der Waals surface area (Å²) in [5.74, 6) is 0. The van der Waals surface area contributed by atoms with Gasteiger partial charge in [0.15, 0.2) is 0 Å². The number of hydrogen-bond donors (Lipinski definition) is 1. The van der Waals surface area contributed by atoms with E-state index in [1.165, 1.54) is 0 Å². The van der Waals surface area contributed by atoms with Gasteiger partial charge in [-0.15, -0.1) is 0 Å². The molecule has 0 unspecified atom stereocenters. The standard InChI is InChI=1S/C17H20ClN3/c1-21(2)13-12-17(14-6-4-3-5-7-14)20-19-16-10-8-15(18)9-11-16/h3-11,19H,12-13H2,1-2H3/b20-17-. The van der Waals surface area contributed by atoms with Gasteiger partial charge in [-0.25, -0.2) is 0 Å². The van der Waals surface area contributed by atoms with Crippen molar-refractivity contribution in [2.45, 2.75) is 6.42 Å². The van der Waals surface area contributed by atoms with Crippen LogP contribution in [0.4, 0.5) is 5.69 Å². The molecule has 0 saturated heterocycles. The normalized spacial score (nSPS) is 11.7. The summed E-state index contributed by atoms with van der Waals surface area (Å²) < 4.78 is 0. The number of benzene rings is 2. The first-order valence-corrected chi connectivity index (χ1v) is 7.31. The van der Waals surface area contributed by atoms with E-state index in [-0.39, 0.29) is 0 Å². The number of anilines is 1. The predicted octanol–water partition coefficient (Wildman–Crippen LogP) is 4.11. The summed E-state index contributed by atoms with van der Waals surface area (Å²) in [6, 6.07) is 17.8. The van der Waals surface area contributed by atoms with Gasteiger partial charge in [0.1, 0.15) is 0 Å². The SMILES string of the molecule is CN(C)CC/C(=N/Nc1ccc(Cl)cc1)c1ccccc1. The second kappa shape index (κ2) is 7.81. The van der Waals surface area contributed by atoms with E-state index in [1.54, 1.807) is 0 Å². The number of halogens is 1. The van der Waals surface area contributed by atoms with E-state index in [1.807, 2.05) is 42.5 Å². The summed E-state index contributed by atoms with van der Waals surface area (Å²) in [5, 5.41) is 5.29. The van der Waals surface area contributed by atoms with Gasteiger partial charge >= 0.3 is 0 Å². The molecule has 0 amide bonds. The van der Waals surface area contributed by atoms with Gasteiger partial charge in [0.2, 0.25) is 0 Å². The molecule has 3 nitrogen and oxygen atoms in total. The number of hydrazone groups is 1. The molecule has 0 aliphatic rings. The molecular weight excluding hydrogens is 282 g/mol. The quantitative estimate of drug-likeness (QED) is 0.642. The maximum Gasteiger partial charge on any atom is 0.0692 e. The Balaban J connectivity index is 2.14. The fourth-order valence-corrected chi connectivity index (χ4v) is 2.01. The van der Waals surface area contributed by atoms with E-state index in [0.717, 1.165) is 35.0 Å². The summed E-state index contributed by atoms with van der Waals surface area (Å²) in [7, 11) is 4.13. The molecule has 4 heteroatoms. The molecule has 0 aromatic heterocycles. The average Bonchev–Trinajstić information content (AvgIpc) is 2.50. The van der Waals surface area contributed by atoms with Crippen molar-refractivity contribution < 1.29 is 0 Å². The van der Waals surface area contributed by atoms with Crippen LogP contribution in [-0.2, 0) is 0 Å². The van der Waals surface area contributed by atoms with Crippen LogP contribution in [0.3, 0.4) is 0 Å². The van der Waals surface area contributed by atoms with E-state index in [2.05, 4.69) is 41.7 Å².